The van der Waals surface area contributed by atoms with Crippen LogP contribution in [-0.4, -0.2) is 29.0 Å². The minimum absolute atomic E-state index is 0.814. The van der Waals surface area contributed by atoms with Crippen molar-refractivity contribution in [1.82, 2.24) is 4.90 Å². The Bertz CT molecular complexity index is 549. The average molecular weight is 443 g/mol. The third kappa shape index (κ3) is 3.50. The average Bonchev–Trinajstić information content (AvgIpc) is 3.32. The Balaban J connectivity index is 0.000000693. The topological polar surface area (TPSA) is 3.24 Å². The van der Waals surface area contributed by atoms with E-state index in [1.165, 1.54) is 54.1 Å². The Hall–Kier alpha value is -0.170. The molecule has 2 aromatic heterocycles. The summed E-state index contributed by atoms with van der Waals surface area (Å²) in [5.74, 6) is 0. The van der Waals surface area contributed by atoms with Crippen LogP contribution in [-0.2, 0) is 0 Å². The van der Waals surface area contributed by atoms with E-state index in [4.69, 9.17) is 0 Å². The molecule has 0 N–H and O–H groups in total. The van der Waals surface area contributed by atoms with Crippen LogP contribution in [0.4, 0.5) is 0 Å². The zero-order valence-corrected chi connectivity index (χ0v) is 16.7. The highest BCUT2D eigenvalue weighted by molar-refractivity contribution is 14.1. The Kier molecular flexibility index (Phi) is 6.13. The van der Waals surface area contributed by atoms with E-state index in [1.807, 2.05) is 27.6 Å². The van der Waals surface area contributed by atoms with Crippen LogP contribution in [0.15, 0.2) is 40.6 Å². The highest BCUT2D eigenvalue weighted by Crippen LogP contribution is 2.39. The van der Waals surface area contributed by atoms with Gasteiger partial charge in [-0.2, -0.15) is 0 Å². The van der Waals surface area contributed by atoms with Gasteiger partial charge in [-0.1, -0.05) is 41.1 Å². The van der Waals surface area contributed by atoms with Gasteiger partial charge in [0.1, 0.15) is 0 Å². The van der Waals surface area contributed by atoms with Gasteiger partial charge in [0.05, 0.1) is 0 Å². The Morgan fingerprint density at radius 3 is 2.32 bits per heavy atom. The van der Waals surface area contributed by atoms with Crippen molar-refractivity contribution in [2.75, 3.05) is 18.0 Å². The first-order valence-electron chi connectivity index (χ1n) is 7.83. The maximum Gasteiger partial charge on any atom is 0.0356 e. The van der Waals surface area contributed by atoms with Gasteiger partial charge in [0, 0.05) is 27.9 Å². The molecule has 4 heterocycles. The van der Waals surface area contributed by atoms with Gasteiger partial charge in [0.2, 0.25) is 0 Å². The minimum atomic E-state index is 0.814. The number of rotatable bonds is 2. The molecule has 0 amide bonds. The standard InChI is InChI=1S/C17H19NS2.CH3I/c1-2-8-18-12-13(11-14(18)5-1)17(15-6-3-9-19-15)16-7-4-10-20-16;1-2/h3-4,6-7,9-10,14H,1-2,5,8,11-12H2;1H3. The number of nitrogens with zero attached hydrogens (tertiary/aromatic N) is 1. The van der Waals surface area contributed by atoms with E-state index in [-0.39, 0.29) is 0 Å². The van der Waals surface area contributed by atoms with E-state index in [0.717, 1.165) is 6.04 Å². The summed E-state index contributed by atoms with van der Waals surface area (Å²) in [6.07, 6.45) is 5.48. The molecule has 4 rings (SSSR count). The van der Waals surface area contributed by atoms with E-state index in [0.29, 0.717) is 0 Å². The summed E-state index contributed by atoms with van der Waals surface area (Å²) in [4.78, 5) is 7.57. The number of hydrogen-bond acceptors (Lipinski definition) is 3. The largest absolute Gasteiger partial charge is 0.296 e. The molecule has 0 radical (unpaired) electrons. The summed E-state index contributed by atoms with van der Waals surface area (Å²) < 4.78 is 0. The van der Waals surface area contributed by atoms with Crippen molar-refractivity contribution in [1.29, 1.82) is 0 Å². The Labute approximate surface area is 155 Å². The van der Waals surface area contributed by atoms with E-state index < -0.39 is 0 Å². The lowest BCUT2D eigenvalue weighted by Crippen LogP contribution is -2.33. The van der Waals surface area contributed by atoms with E-state index in [9.17, 15) is 0 Å². The quantitative estimate of drug-likeness (QED) is 0.411. The molecular formula is C18H22INS2. The first-order chi connectivity index (χ1) is 10.9. The highest BCUT2D eigenvalue weighted by Gasteiger charge is 2.32. The molecule has 2 aliphatic heterocycles. The van der Waals surface area contributed by atoms with Crippen LogP contribution in [0.2, 0.25) is 0 Å². The monoisotopic (exact) mass is 443 g/mol. The van der Waals surface area contributed by atoms with Crippen molar-refractivity contribution >= 4 is 50.8 Å². The fourth-order valence-corrected chi connectivity index (χ4v) is 5.32. The van der Waals surface area contributed by atoms with Crippen LogP contribution < -0.4 is 0 Å². The molecular weight excluding hydrogens is 421 g/mol. The fourth-order valence-electron chi connectivity index (χ4n) is 3.59. The predicted molar refractivity (Wildman–Crippen MR) is 108 cm³/mol. The molecule has 2 aromatic rings. The van der Waals surface area contributed by atoms with Gasteiger partial charge in [-0.05, 0) is 59.2 Å². The van der Waals surface area contributed by atoms with Crippen molar-refractivity contribution in [2.45, 2.75) is 31.7 Å². The van der Waals surface area contributed by atoms with Crippen molar-refractivity contribution < 1.29 is 0 Å². The lowest BCUT2D eigenvalue weighted by atomic mass is 9.98. The van der Waals surface area contributed by atoms with E-state index >= 15 is 0 Å². The molecule has 2 aliphatic rings. The minimum Gasteiger partial charge on any atom is -0.296 e. The number of piperidine rings is 1. The second-order valence-corrected chi connectivity index (χ2v) is 7.65. The second-order valence-electron chi connectivity index (χ2n) is 5.76. The third-order valence-corrected chi connectivity index (χ3v) is 6.29. The molecule has 0 aromatic carbocycles. The van der Waals surface area contributed by atoms with Crippen molar-refractivity contribution in [3.8, 4) is 0 Å². The van der Waals surface area contributed by atoms with Crippen molar-refractivity contribution in [3.63, 3.8) is 0 Å². The SMILES string of the molecule is CI.c1csc(C(=C2CC3CCCCN3C2)c2cccs2)c1. The third-order valence-electron chi connectivity index (χ3n) is 4.51. The second kappa shape index (κ2) is 8.08. The molecule has 4 heteroatoms. The predicted octanol–water partition coefficient (Wildman–Crippen LogP) is 5.92. The summed E-state index contributed by atoms with van der Waals surface area (Å²) in [5.41, 5.74) is 3.20. The van der Waals surface area contributed by atoms with Crippen molar-refractivity contribution in [2.24, 2.45) is 0 Å². The molecule has 0 bridgehead atoms. The highest BCUT2D eigenvalue weighted by atomic mass is 127. The van der Waals surface area contributed by atoms with Crippen LogP contribution in [0.3, 0.4) is 0 Å². The summed E-state index contributed by atoms with van der Waals surface area (Å²) in [7, 11) is 0. The molecule has 1 nitrogen and oxygen atoms in total. The first kappa shape index (κ1) is 16.7. The summed E-state index contributed by atoms with van der Waals surface area (Å²) in [6.45, 7) is 2.49. The van der Waals surface area contributed by atoms with Gasteiger partial charge in [-0.25, -0.2) is 0 Å². The molecule has 118 valence electrons. The number of hydrogen-bond donors (Lipinski definition) is 0. The molecule has 2 saturated heterocycles. The fraction of sp³-hybridized carbons (Fsp3) is 0.444. The van der Waals surface area contributed by atoms with Crippen LogP contribution in [0.5, 0.6) is 0 Å². The Morgan fingerprint density at radius 2 is 1.77 bits per heavy atom. The summed E-state index contributed by atoms with van der Waals surface area (Å²) in [5, 5.41) is 4.40. The molecule has 0 aliphatic carbocycles. The van der Waals surface area contributed by atoms with Gasteiger partial charge in [-0.3, -0.25) is 4.90 Å². The van der Waals surface area contributed by atoms with E-state index in [2.05, 4.69) is 62.5 Å². The van der Waals surface area contributed by atoms with Crippen molar-refractivity contribution in [3.05, 3.63) is 50.4 Å². The molecule has 1 unspecified atom stereocenters. The number of alkyl halides is 1. The van der Waals surface area contributed by atoms with Gasteiger partial charge < -0.3 is 0 Å². The summed E-state index contributed by atoms with van der Waals surface area (Å²) in [6, 6.07) is 9.73. The van der Waals surface area contributed by atoms with Crippen LogP contribution in [0, 0.1) is 0 Å². The zero-order valence-electron chi connectivity index (χ0n) is 12.9. The van der Waals surface area contributed by atoms with Crippen LogP contribution >= 0.6 is 45.3 Å². The molecule has 0 saturated carbocycles. The number of thiophene rings is 2. The maximum atomic E-state index is 2.71. The van der Waals surface area contributed by atoms with Crippen LogP contribution in [0.1, 0.15) is 35.4 Å². The lowest BCUT2D eigenvalue weighted by molar-refractivity contribution is 0.199. The van der Waals surface area contributed by atoms with Gasteiger partial charge >= 0.3 is 0 Å². The van der Waals surface area contributed by atoms with Crippen LogP contribution in [0.25, 0.3) is 5.57 Å². The number of halogens is 1. The molecule has 0 spiro atoms. The lowest BCUT2D eigenvalue weighted by Gasteiger charge is -2.28. The number of fused-ring (bicyclic) bond motifs is 1. The smallest absolute Gasteiger partial charge is 0.0356 e. The molecule has 22 heavy (non-hydrogen) atoms. The van der Waals surface area contributed by atoms with Gasteiger partial charge in [0.25, 0.3) is 0 Å². The normalized spacial score (nSPS) is 21.2. The Morgan fingerprint density at radius 1 is 1.09 bits per heavy atom. The molecule has 1 atom stereocenters. The van der Waals surface area contributed by atoms with E-state index in [1.54, 1.807) is 5.57 Å². The zero-order chi connectivity index (χ0) is 15.4. The summed E-state index contributed by atoms with van der Waals surface area (Å²) >= 11 is 5.91. The first-order valence-corrected chi connectivity index (χ1v) is 11.7. The maximum absolute atomic E-state index is 2.71. The van der Waals surface area contributed by atoms with Gasteiger partial charge in [-0.15, -0.1) is 22.7 Å². The molecule has 2 fully saturated rings. The van der Waals surface area contributed by atoms with Gasteiger partial charge in [0.15, 0.2) is 0 Å².